The summed E-state index contributed by atoms with van der Waals surface area (Å²) in [6, 6.07) is 64.8. The van der Waals surface area contributed by atoms with Crippen LogP contribution in [0.2, 0.25) is 0 Å². The highest BCUT2D eigenvalue weighted by Gasteiger charge is 2.50. The van der Waals surface area contributed by atoms with Crippen molar-refractivity contribution in [2.24, 2.45) is 0 Å². The molecule has 1 heteroatoms. The van der Waals surface area contributed by atoms with Crippen molar-refractivity contribution in [1.29, 1.82) is 0 Å². The first-order chi connectivity index (χ1) is 23.1. The minimum absolute atomic E-state index is 0.167. The van der Waals surface area contributed by atoms with E-state index in [2.05, 4.69) is 195 Å². The van der Waals surface area contributed by atoms with Gasteiger partial charge in [-0.1, -0.05) is 153 Å². The smallest absolute Gasteiger partial charge is 0.0717 e. The molecule has 224 valence electrons. The predicted molar refractivity (Wildman–Crippen MR) is 196 cm³/mol. The molecule has 0 aliphatic heterocycles. The van der Waals surface area contributed by atoms with Gasteiger partial charge in [-0.05, 0) is 92.0 Å². The second-order valence-corrected chi connectivity index (χ2v) is 13.3. The summed E-state index contributed by atoms with van der Waals surface area (Å²) in [5.74, 6) is 0. The number of hydrogen-bond donors (Lipinski definition) is 0. The average molecular weight is 602 g/mol. The molecule has 9 rings (SSSR count). The zero-order valence-corrected chi connectivity index (χ0v) is 26.7. The maximum Gasteiger partial charge on any atom is 0.0717 e. The first-order valence-corrected chi connectivity index (χ1v) is 16.5. The minimum Gasteiger partial charge on any atom is -0.310 e. The zero-order chi connectivity index (χ0) is 31.6. The number of nitrogens with zero attached hydrogens (tertiary/aromatic N) is 1. The van der Waals surface area contributed by atoms with Crippen molar-refractivity contribution in [2.45, 2.75) is 24.7 Å². The molecule has 0 fully saturated rings. The number of hydrogen-bond acceptors (Lipinski definition) is 1. The Morgan fingerprint density at radius 1 is 0.362 bits per heavy atom. The number of fused-ring (bicyclic) bond motifs is 6. The van der Waals surface area contributed by atoms with E-state index in [-0.39, 0.29) is 5.41 Å². The molecule has 0 heterocycles. The van der Waals surface area contributed by atoms with Crippen molar-refractivity contribution in [3.05, 3.63) is 209 Å². The van der Waals surface area contributed by atoms with Crippen molar-refractivity contribution in [3.63, 3.8) is 0 Å². The summed E-state index contributed by atoms with van der Waals surface area (Å²) in [7, 11) is 0. The minimum atomic E-state index is -0.521. The van der Waals surface area contributed by atoms with E-state index < -0.39 is 5.41 Å². The second kappa shape index (κ2) is 10.4. The van der Waals surface area contributed by atoms with Gasteiger partial charge < -0.3 is 4.90 Å². The molecule has 0 bridgehead atoms. The molecule has 0 saturated heterocycles. The summed E-state index contributed by atoms with van der Waals surface area (Å²) in [5, 5.41) is 0. The maximum atomic E-state index is 2.44. The van der Waals surface area contributed by atoms with Crippen LogP contribution in [-0.4, -0.2) is 0 Å². The SMILES string of the molecule is CC1(C)c2ccccc2-c2cccc(C3(c4cccc(N(c5ccccc5)c5ccccc5)c4)c4ccccc4-c4ccccc43)c21. The van der Waals surface area contributed by atoms with Crippen molar-refractivity contribution in [1.82, 2.24) is 0 Å². The molecule has 0 saturated carbocycles. The van der Waals surface area contributed by atoms with Gasteiger partial charge in [0.1, 0.15) is 0 Å². The summed E-state index contributed by atoms with van der Waals surface area (Å²) < 4.78 is 0. The Kier molecular flexibility index (Phi) is 6.14. The molecule has 7 aromatic carbocycles. The summed E-state index contributed by atoms with van der Waals surface area (Å²) in [5.41, 5.74) is 16.1. The lowest BCUT2D eigenvalue weighted by Gasteiger charge is -2.38. The number of anilines is 3. The van der Waals surface area contributed by atoms with E-state index in [4.69, 9.17) is 0 Å². The molecule has 0 aromatic heterocycles. The van der Waals surface area contributed by atoms with Gasteiger partial charge in [-0.3, -0.25) is 0 Å². The van der Waals surface area contributed by atoms with Crippen molar-refractivity contribution < 1.29 is 0 Å². The summed E-state index contributed by atoms with van der Waals surface area (Å²) in [4.78, 5) is 2.37. The fourth-order valence-electron chi connectivity index (χ4n) is 8.63. The Hall–Kier alpha value is -5.66. The van der Waals surface area contributed by atoms with Crippen LogP contribution < -0.4 is 4.90 Å². The highest BCUT2D eigenvalue weighted by atomic mass is 15.1. The Morgan fingerprint density at radius 2 is 0.787 bits per heavy atom. The van der Waals surface area contributed by atoms with Gasteiger partial charge in [0, 0.05) is 22.5 Å². The fraction of sp³-hybridized carbons (Fsp3) is 0.0870. The molecule has 0 N–H and O–H groups in total. The van der Waals surface area contributed by atoms with Crippen LogP contribution in [0.3, 0.4) is 0 Å². The fourth-order valence-corrected chi connectivity index (χ4v) is 8.63. The van der Waals surface area contributed by atoms with E-state index in [1.165, 1.54) is 55.6 Å². The summed E-state index contributed by atoms with van der Waals surface area (Å²) >= 11 is 0. The van der Waals surface area contributed by atoms with E-state index in [9.17, 15) is 0 Å². The lowest BCUT2D eigenvalue weighted by Crippen LogP contribution is -2.32. The summed E-state index contributed by atoms with van der Waals surface area (Å²) in [6.07, 6.45) is 0. The van der Waals surface area contributed by atoms with Crippen LogP contribution in [0, 0.1) is 0 Å². The molecule has 7 aromatic rings. The van der Waals surface area contributed by atoms with Crippen LogP contribution in [0.1, 0.15) is 47.2 Å². The molecule has 0 unspecified atom stereocenters. The van der Waals surface area contributed by atoms with Gasteiger partial charge >= 0.3 is 0 Å². The highest BCUT2D eigenvalue weighted by molar-refractivity contribution is 5.90. The van der Waals surface area contributed by atoms with E-state index in [0.29, 0.717) is 0 Å². The Balaban J connectivity index is 1.38. The quantitative estimate of drug-likeness (QED) is 0.190. The molecule has 1 nitrogen and oxygen atoms in total. The molecule has 0 spiro atoms. The molecule has 0 radical (unpaired) electrons. The van der Waals surface area contributed by atoms with E-state index >= 15 is 0 Å². The molecule has 2 aliphatic rings. The predicted octanol–water partition coefficient (Wildman–Crippen LogP) is 11.8. The molecule has 47 heavy (non-hydrogen) atoms. The Labute approximate surface area is 277 Å². The van der Waals surface area contributed by atoms with Crippen LogP contribution in [0.5, 0.6) is 0 Å². The first kappa shape index (κ1) is 27.6. The number of benzene rings is 7. The Bertz CT molecular complexity index is 2190. The third-order valence-electron chi connectivity index (χ3n) is 10.5. The largest absolute Gasteiger partial charge is 0.310 e. The molecular weight excluding hydrogens is 567 g/mol. The van der Waals surface area contributed by atoms with Crippen molar-refractivity contribution >= 4 is 17.1 Å². The standard InChI is InChI=1S/C46H35N/c1-45(2)40-27-12-9-25-38(40)39-26-16-30-43(44(39)45)46(41-28-13-10-23-36(41)37-24-11-14-29-42(37)46)32-17-15-22-35(31-32)47(33-18-5-3-6-19-33)34-20-7-4-8-21-34/h3-31H,1-2H3. The van der Waals surface area contributed by atoms with Crippen molar-refractivity contribution in [3.8, 4) is 22.3 Å². The second-order valence-electron chi connectivity index (χ2n) is 13.3. The monoisotopic (exact) mass is 601 g/mol. The first-order valence-electron chi connectivity index (χ1n) is 16.5. The normalized spacial score (nSPS) is 14.5. The number of rotatable bonds is 5. The van der Waals surface area contributed by atoms with Gasteiger partial charge in [-0.15, -0.1) is 0 Å². The van der Waals surface area contributed by atoms with Crippen LogP contribution in [0.25, 0.3) is 22.3 Å². The highest BCUT2D eigenvalue weighted by Crippen LogP contribution is 2.61. The average Bonchev–Trinajstić information content (AvgIpc) is 3.56. The molecule has 0 atom stereocenters. The number of para-hydroxylation sites is 2. The van der Waals surface area contributed by atoms with Gasteiger partial charge in [-0.25, -0.2) is 0 Å². The van der Waals surface area contributed by atoms with Crippen LogP contribution in [0.15, 0.2) is 176 Å². The third kappa shape index (κ3) is 3.90. The molecule has 0 amide bonds. The summed E-state index contributed by atoms with van der Waals surface area (Å²) in [6.45, 7) is 4.81. The van der Waals surface area contributed by atoms with E-state index in [1.54, 1.807) is 0 Å². The Morgan fingerprint density at radius 3 is 1.38 bits per heavy atom. The van der Waals surface area contributed by atoms with Crippen LogP contribution in [0.4, 0.5) is 17.1 Å². The maximum absolute atomic E-state index is 2.44. The van der Waals surface area contributed by atoms with Crippen LogP contribution >= 0.6 is 0 Å². The van der Waals surface area contributed by atoms with Gasteiger partial charge in [0.05, 0.1) is 5.41 Å². The van der Waals surface area contributed by atoms with Crippen molar-refractivity contribution in [2.75, 3.05) is 4.90 Å². The van der Waals surface area contributed by atoms with E-state index in [0.717, 1.165) is 17.1 Å². The zero-order valence-electron chi connectivity index (χ0n) is 26.7. The lowest BCUT2D eigenvalue weighted by atomic mass is 9.63. The van der Waals surface area contributed by atoms with Gasteiger partial charge in [0.2, 0.25) is 0 Å². The van der Waals surface area contributed by atoms with Gasteiger partial charge in [-0.2, -0.15) is 0 Å². The molecular formula is C46H35N. The van der Waals surface area contributed by atoms with Crippen LogP contribution in [-0.2, 0) is 10.8 Å². The lowest BCUT2D eigenvalue weighted by molar-refractivity contribution is 0.631. The van der Waals surface area contributed by atoms with Gasteiger partial charge in [0.15, 0.2) is 0 Å². The molecule has 2 aliphatic carbocycles. The van der Waals surface area contributed by atoms with Gasteiger partial charge in [0.25, 0.3) is 0 Å². The topological polar surface area (TPSA) is 3.24 Å². The van der Waals surface area contributed by atoms with E-state index in [1.807, 2.05) is 0 Å². The third-order valence-corrected chi connectivity index (χ3v) is 10.5.